The normalized spacial score (nSPS) is 41.3. The van der Waals surface area contributed by atoms with Gasteiger partial charge in [0, 0.05) is 6.42 Å². The molecular weight excluding hydrogens is 396 g/mol. The zero-order valence-corrected chi connectivity index (χ0v) is 19.0. The molecule has 3 fully saturated rings. The van der Waals surface area contributed by atoms with E-state index in [9.17, 15) is 14.4 Å². The van der Waals surface area contributed by atoms with Gasteiger partial charge in [-0.05, 0) is 73.5 Å². The Labute approximate surface area is 184 Å². The number of methoxy groups -OCH3 is 1. The lowest BCUT2D eigenvalue weighted by Gasteiger charge is -2.57. The third-order valence-electron chi connectivity index (χ3n) is 9.39. The summed E-state index contributed by atoms with van der Waals surface area (Å²) in [5.41, 5.74) is 1.60. The van der Waals surface area contributed by atoms with E-state index in [0.717, 1.165) is 51.4 Å². The molecule has 172 valence electrons. The zero-order chi connectivity index (χ0) is 22.4. The molecule has 0 aromatic carbocycles. The SMILES string of the molecule is COC(=O)[C@@H]1CC[C@@H]2[C@H]3CC=C4C[C@@H](OC(=O)CCC(=O)O)CC[C@]4(C)[C@@H]3CC[C@@]21C. The fraction of sp³-hybridized carbons (Fsp3) is 0.800. The largest absolute Gasteiger partial charge is 0.481 e. The molecule has 0 aromatic rings. The molecule has 0 spiro atoms. The van der Waals surface area contributed by atoms with Crippen LogP contribution in [0.25, 0.3) is 0 Å². The topological polar surface area (TPSA) is 89.9 Å². The zero-order valence-electron chi connectivity index (χ0n) is 19.0. The third kappa shape index (κ3) is 3.80. The lowest BCUT2D eigenvalue weighted by atomic mass is 9.47. The van der Waals surface area contributed by atoms with E-state index in [0.29, 0.717) is 17.8 Å². The van der Waals surface area contributed by atoms with Gasteiger partial charge in [0.2, 0.25) is 0 Å². The highest BCUT2D eigenvalue weighted by Crippen LogP contribution is 2.66. The van der Waals surface area contributed by atoms with Crippen LogP contribution in [0.5, 0.6) is 0 Å². The van der Waals surface area contributed by atoms with Gasteiger partial charge in [0.05, 0.1) is 25.9 Å². The average Bonchev–Trinajstić information content (AvgIpc) is 3.09. The molecule has 4 aliphatic rings. The van der Waals surface area contributed by atoms with Crippen molar-refractivity contribution in [1.82, 2.24) is 0 Å². The molecule has 3 saturated carbocycles. The summed E-state index contributed by atoms with van der Waals surface area (Å²) in [7, 11) is 1.51. The van der Waals surface area contributed by atoms with E-state index < -0.39 is 11.9 Å². The molecule has 0 radical (unpaired) electrons. The predicted octanol–water partition coefficient (Wildman–Crippen LogP) is 4.52. The van der Waals surface area contributed by atoms with Gasteiger partial charge in [-0.1, -0.05) is 25.5 Å². The summed E-state index contributed by atoms with van der Waals surface area (Å²) in [5.74, 6) is 0.409. The first-order valence-corrected chi connectivity index (χ1v) is 11.9. The Bertz CT molecular complexity index is 787. The number of esters is 2. The number of aliphatic carboxylic acids is 1. The Morgan fingerprint density at radius 3 is 2.55 bits per heavy atom. The molecule has 0 unspecified atom stereocenters. The summed E-state index contributed by atoms with van der Waals surface area (Å²) < 4.78 is 10.8. The molecule has 0 aliphatic heterocycles. The Morgan fingerprint density at radius 2 is 1.84 bits per heavy atom. The maximum Gasteiger partial charge on any atom is 0.309 e. The Kier molecular flexibility index (Phi) is 5.95. The van der Waals surface area contributed by atoms with Crippen molar-refractivity contribution < 1.29 is 29.0 Å². The van der Waals surface area contributed by atoms with Crippen molar-refractivity contribution in [1.29, 1.82) is 0 Å². The summed E-state index contributed by atoms with van der Waals surface area (Å²) >= 11 is 0. The van der Waals surface area contributed by atoms with E-state index in [1.807, 2.05) is 0 Å². The minimum atomic E-state index is -0.972. The maximum atomic E-state index is 12.4. The number of ether oxygens (including phenoxy) is 2. The summed E-state index contributed by atoms with van der Waals surface area (Å²) in [4.78, 5) is 35.1. The van der Waals surface area contributed by atoms with Crippen LogP contribution in [0.1, 0.15) is 78.1 Å². The summed E-state index contributed by atoms with van der Waals surface area (Å²) in [5, 5.41) is 8.77. The predicted molar refractivity (Wildman–Crippen MR) is 114 cm³/mol. The molecule has 0 bridgehead atoms. The lowest BCUT2D eigenvalue weighted by molar-refractivity contribution is -0.155. The first kappa shape index (κ1) is 22.3. The highest BCUT2D eigenvalue weighted by Gasteiger charge is 2.60. The Morgan fingerprint density at radius 1 is 1.06 bits per heavy atom. The van der Waals surface area contributed by atoms with Gasteiger partial charge in [0.1, 0.15) is 6.10 Å². The average molecular weight is 433 g/mol. The molecule has 0 amide bonds. The van der Waals surface area contributed by atoms with Gasteiger partial charge >= 0.3 is 17.9 Å². The lowest BCUT2D eigenvalue weighted by Crippen LogP contribution is -2.51. The van der Waals surface area contributed by atoms with E-state index in [1.54, 1.807) is 0 Å². The van der Waals surface area contributed by atoms with Crippen LogP contribution in [0, 0.1) is 34.5 Å². The van der Waals surface area contributed by atoms with Crippen molar-refractivity contribution in [3.63, 3.8) is 0 Å². The van der Waals surface area contributed by atoms with Gasteiger partial charge in [0.15, 0.2) is 0 Å². The van der Waals surface area contributed by atoms with Crippen LogP contribution in [-0.4, -0.2) is 36.2 Å². The number of allylic oxidation sites excluding steroid dienone is 1. The standard InChI is InChI=1S/C25H36O6/c1-24-12-10-16(31-22(28)9-8-21(26)27)14-15(24)4-5-17-18-6-7-20(23(29)30-3)25(18,2)13-11-19(17)24/h4,16-20H,5-14H2,1-3H3,(H,26,27)/t16-,17+,18+,19+,20-,24-,25-/m0/s1. The number of carboxylic acids is 1. The maximum absolute atomic E-state index is 12.4. The van der Waals surface area contributed by atoms with Gasteiger partial charge in [-0.25, -0.2) is 0 Å². The minimum Gasteiger partial charge on any atom is -0.481 e. The number of hydrogen-bond acceptors (Lipinski definition) is 5. The number of carbonyl (C=O) groups excluding carboxylic acids is 2. The number of carboxylic acid groups (broad SMARTS) is 1. The third-order valence-corrected chi connectivity index (χ3v) is 9.39. The molecule has 0 heterocycles. The van der Waals surface area contributed by atoms with Gasteiger partial charge in [-0.15, -0.1) is 0 Å². The van der Waals surface area contributed by atoms with E-state index in [1.165, 1.54) is 12.7 Å². The second kappa shape index (κ2) is 8.25. The molecular formula is C25H36O6. The number of rotatable bonds is 5. The summed E-state index contributed by atoms with van der Waals surface area (Å²) in [6.45, 7) is 4.71. The van der Waals surface area contributed by atoms with Crippen molar-refractivity contribution in [2.45, 2.75) is 84.2 Å². The van der Waals surface area contributed by atoms with Crippen molar-refractivity contribution in [3.8, 4) is 0 Å². The van der Waals surface area contributed by atoms with E-state index >= 15 is 0 Å². The minimum absolute atomic E-state index is 0.0302. The first-order chi connectivity index (χ1) is 14.7. The van der Waals surface area contributed by atoms with Crippen LogP contribution in [0.3, 0.4) is 0 Å². The molecule has 6 heteroatoms. The molecule has 1 N–H and O–H groups in total. The first-order valence-electron chi connectivity index (χ1n) is 11.9. The smallest absolute Gasteiger partial charge is 0.309 e. The fourth-order valence-corrected chi connectivity index (χ4v) is 7.71. The van der Waals surface area contributed by atoms with E-state index in [4.69, 9.17) is 14.6 Å². The number of carbonyl (C=O) groups is 3. The van der Waals surface area contributed by atoms with Crippen LogP contribution in [0.2, 0.25) is 0 Å². The molecule has 0 saturated heterocycles. The van der Waals surface area contributed by atoms with Crippen LogP contribution in [0.15, 0.2) is 11.6 Å². The molecule has 4 aliphatic carbocycles. The van der Waals surface area contributed by atoms with Crippen LogP contribution >= 0.6 is 0 Å². The molecule has 31 heavy (non-hydrogen) atoms. The number of hydrogen-bond donors (Lipinski definition) is 1. The van der Waals surface area contributed by atoms with E-state index in [-0.39, 0.29) is 41.7 Å². The Balaban J connectivity index is 1.46. The molecule has 7 atom stereocenters. The molecule has 4 rings (SSSR count). The van der Waals surface area contributed by atoms with Gasteiger partial charge in [-0.2, -0.15) is 0 Å². The number of fused-ring (bicyclic) bond motifs is 5. The molecule has 0 aromatic heterocycles. The van der Waals surface area contributed by atoms with Crippen molar-refractivity contribution in [2.75, 3.05) is 7.11 Å². The highest BCUT2D eigenvalue weighted by atomic mass is 16.5. The highest BCUT2D eigenvalue weighted by molar-refractivity contribution is 5.76. The van der Waals surface area contributed by atoms with Gasteiger partial charge in [-0.3, -0.25) is 14.4 Å². The van der Waals surface area contributed by atoms with Crippen molar-refractivity contribution in [2.24, 2.45) is 34.5 Å². The van der Waals surface area contributed by atoms with E-state index in [2.05, 4.69) is 19.9 Å². The van der Waals surface area contributed by atoms with Crippen LogP contribution in [-0.2, 0) is 23.9 Å². The monoisotopic (exact) mass is 432 g/mol. The van der Waals surface area contributed by atoms with Crippen molar-refractivity contribution in [3.05, 3.63) is 11.6 Å². The van der Waals surface area contributed by atoms with Gasteiger partial charge in [0.25, 0.3) is 0 Å². The Hall–Kier alpha value is -1.85. The van der Waals surface area contributed by atoms with Crippen molar-refractivity contribution >= 4 is 17.9 Å². The summed E-state index contributed by atoms with van der Waals surface area (Å²) in [6.07, 6.45) is 9.95. The fourth-order valence-electron chi connectivity index (χ4n) is 7.71. The van der Waals surface area contributed by atoms with Crippen LogP contribution in [0.4, 0.5) is 0 Å². The van der Waals surface area contributed by atoms with Gasteiger partial charge < -0.3 is 14.6 Å². The second-order valence-corrected chi connectivity index (χ2v) is 10.7. The quantitative estimate of drug-likeness (QED) is 0.508. The molecule has 6 nitrogen and oxygen atoms in total. The van der Waals surface area contributed by atoms with Crippen LogP contribution < -0.4 is 0 Å². The second-order valence-electron chi connectivity index (χ2n) is 10.7. The summed E-state index contributed by atoms with van der Waals surface area (Å²) in [6, 6.07) is 0.